The average molecular weight is 635 g/mol. The molecule has 2 amide bonds. The highest BCUT2D eigenvalue weighted by molar-refractivity contribution is 7.92. The number of amides is 2. The molecule has 42 heavy (non-hydrogen) atoms. The molecule has 4 rings (SSSR count). The van der Waals surface area contributed by atoms with Crippen LogP contribution >= 0.6 is 23.2 Å². The standard InChI is InChI=1S/C31H34Cl2FN3O4S/c1-42(40,41)37(28-19-24(32)16-17-26(28)33)21-30(38)36(20-23-12-8-9-15-27(23)34)29(18-22-10-4-2-5-11-22)31(39)35-25-13-6-3-7-14-25/h2,4-5,8-12,15-17,19,25,29H,3,6-7,13-14,18,20-21H2,1H3,(H,35,39). The summed E-state index contributed by atoms with van der Waals surface area (Å²) in [4.78, 5) is 29.3. The molecule has 1 aliphatic carbocycles. The molecule has 0 aliphatic heterocycles. The number of carbonyl (C=O) groups is 2. The first-order valence-electron chi connectivity index (χ1n) is 13.8. The predicted molar refractivity (Wildman–Crippen MR) is 165 cm³/mol. The highest BCUT2D eigenvalue weighted by Crippen LogP contribution is 2.31. The van der Waals surface area contributed by atoms with Crippen LogP contribution in [0.2, 0.25) is 10.0 Å². The van der Waals surface area contributed by atoms with Gasteiger partial charge in [0.25, 0.3) is 0 Å². The van der Waals surface area contributed by atoms with E-state index in [9.17, 15) is 22.4 Å². The van der Waals surface area contributed by atoms with E-state index in [-0.39, 0.29) is 46.2 Å². The van der Waals surface area contributed by atoms with Gasteiger partial charge < -0.3 is 10.2 Å². The van der Waals surface area contributed by atoms with E-state index in [2.05, 4.69) is 5.32 Å². The molecule has 7 nitrogen and oxygen atoms in total. The van der Waals surface area contributed by atoms with Crippen LogP contribution < -0.4 is 9.62 Å². The molecule has 3 aromatic rings. The zero-order chi connectivity index (χ0) is 30.3. The van der Waals surface area contributed by atoms with E-state index < -0.39 is 34.3 Å². The van der Waals surface area contributed by atoms with Crippen molar-refractivity contribution in [2.24, 2.45) is 0 Å². The first kappa shape index (κ1) is 31.8. The van der Waals surface area contributed by atoms with E-state index in [1.807, 2.05) is 30.3 Å². The Kier molecular flexibility index (Phi) is 10.9. The number of anilines is 1. The molecule has 1 atom stereocenters. The first-order chi connectivity index (χ1) is 20.0. The maximum absolute atomic E-state index is 14.9. The Labute approximate surface area is 256 Å². The van der Waals surface area contributed by atoms with Crippen LogP contribution in [0, 0.1) is 5.82 Å². The van der Waals surface area contributed by atoms with Crippen molar-refractivity contribution in [1.82, 2.24) is 10.2 Å². The molecule has 1 aliphatic rings. The molecule has 1 N–H and O–H groups in total. The first-order valence-corrected chi connectivity index (χ1v) is 16.4. The Bertz CT molecular complexity index is 1500. The van der Waals surface area contributed by atoms with Crippen LogP contribution in [0.3, 0.4) is 0 Å². The minimum atomic E-state index is -4.03. The summed E-state index contributed by atoms with van der Waals surface area (Å²) in [6.45, 7) is -0.919. The second-order valence-corrected chi connectivity index (χ2v) is 13.3. The van der Waals surface area contributed by atoms with E-state index in [0.29, 0.717) is 0 Å². The van der Waals surface area contributed by atoms with Gasteiger partial charge in [0.2, 0.25) is 21.8 Å². The summed E-state index contributed by atoms with van der Waals surface area (Å²) < 4.78 is 41.6. The van der Waals surface area contributed by atoms with Gasteiger partial charge in [-0.15, -0.1) is 0 Å². The maximum Gasteiger partial charge on any atom is 0.244 e. The topological polar surface area (TPSA) is 86.8 Å². The van der Waals surface area contributed by atoms with Crippen molar-refractivity contribution in [2.45, 2.75) is 57.2 Å². The fraction of sp³-hybridized carbons (Fsp3) is 0.355. The van der Waals surface area contributed by atoms with Crippen molar-refractivity contribution in [3.05, 3.63) is 99.8 Å². The molecule has 1 fully saturated rings. The fourth-order valence-electron chi connectivity index (χ4n) is 5.18. The summed E-state index contributed by atoms with van der Waals surface area (Å²) in [7, 11) is -4.03. The molecule has 0 aromatic heterocycles. The van der Waals surface area contributed by atoms with Gasteiger partial charge in [-0.3, -0.25) is 13.9 Å². The molecule has 0 bridgehead atoms. The highest BCUT2D eigenvalue weighted by atomic mass is 35.5. The smallest absolute Gasteiger partial charge is 0.244 e. The summed E-state index contributed by atoms with van der Waals surface area (Å²) in [6, 6.07) is 18.4. The minimum Gasteiger partial charge on any atom is -0.352 e. The monoisotopic (exact) mass is 633 g/mol. The molecule has 3 aromatic carbocycles. The SMILES string of the molecule is CS(=O)(=O)N(CC(=O)N(Cc1ccccc1F)C(Cc1ccccc1)C(=O)NC1CCCCC1)c1cc(Cl)ccc1Cl. The Morgan fingerprint density at radius 1 is 0.976 bits per heavy atom. The number of nitrogens with zero attached hydrogens (tertiary/aromatic N) is 2. The van der Waals surface area contributed by atoms with Crippen LogP contribution in [0.1, 0.15) is 43.2 Å². The second-order valence-electron chi connectivity index (χ2n) is 10.5. The zero-order valence-corrected chi connectivity index (χ0v) is 25.6. The van der Waals surface area contributed by atoms with Gasteiger partial charge >= 0.3 is 0 Å². The molecule has 11 heteroatoms. The summed E-state index contributed by atoms with van der Waals surface area (Å²) in [5, 5.41) is 3.42. The number of sulfonamides is 1. The Morgan fingerprint density at radius 2 is 1.64 bits per heavy atom. The Morgan fingerprint density at radius 3 is 2.31 bits per heavy atom. The van der Waals surface area contributed by atoms with Crippen LogP contribution in [-0.4, -0.2) is 50.0 Å². The van der Waals surface area contributed by atoms with Gasteiger partial charge in [-0.2, -0.15) is 0 Å². The predicted octanol–water partition coefficient (Wildman–Crippen LogP) is 5.99. The molecule has 0 heterocycles. The van der Waals surface area contributed by atoms with Crippen LogP contribution in [0.25, 0.3) is 0 Å². The van der Waals surface area contributed by atoms with Gasteiger partial charge in [0, 0.05) is 29.6 Å². The van der Waals surface area contributed by atoms with Crippen LogP contribution in [-0.2, 0) is 32.6 Å². The molecular weight excluding hydrogens is 600 g/mol. The lowest BCUT2D eigenvalue weighted by molar-refractivity contribution is -0.140. The van der Waals surface area contributed by atoms with Crippen molar-refractivity contribution in [3.63, 3.8) is 0 Å². The quantitative estimate of drug-likeness (QED) is 0.281. The summed E-state index contributed by atoms with van der Waals surface area (Å²) in [6.07, 6.45) is 5.86. The third kappa shape index (κ3) is 8.46. The van der Waals surface area contributed by atoms with E-state index >= 15 is 0 Å². The van der Waals surface area contributed by atoms with Crippen molar-refractivity contribution in [3.8, 4) is 0 Å². The Hall–Kier alpha value is -3.14. The summed E-state index contributed by atoms with van der Waals surface area (Å²) >= 11 is 12.5. The van der Waals surface area contributed by atoms with E-state index in [1.54, 1.807) is 6.07 Å². The van der Waals surface area contributed by atoms with Crippen LogP contribution in [0.5, 0.6) is 0 Å². The number of hydrogen-bond donors (Lipinski definition) is 1. The third-order valence-corrected chi connectivity index (χ3v) is 9.06. The molecule has 0 spiro atoms. The summed E-state index contributed by atoms with van der Waals surface area (Å²) in [5.74, 6) is -1.61. The van der Waals surface area contributed by atoms with Crippen molar-refractivity contribution in [1.29, 1.82) is 0 Å². The van der Waals surface area contributed by atoms with E-state index in [4.69, 9.17) is 23.2 Å². The number of rotatable bonds is 11. The van der Waals surface area contributed by atoms with E-state index in [1.165, 1.54) is 41.3 Å². The number of carbonyl (C=O) groups excluding carboxylic acids is 2. The number of nitrogens with one attached hydrogen (secondary N) is 1. The van der Waals surface area contributed by atoms with Crippen molar-refractivity contribution >= 4 is 50.7 Å². The van der Waals surface area contributed by atoms with Gasteiger partial charge in [0.15, 0.2) is 0 Å². The van der Waals surface area contributed by atoms with Gasteiger partial charge in [0.05, 0.1) is 17.0 Å². The maximum atomic E-state index is 14.9. The molecule has 0 radical (unpaired) electrons. The number of benzene rings is 3. The molecule has 0 saturated heterocycles. The van der Waals surface area contributed by atoms with Gasteiger partial charge in [-0.05, 0) is 42.7 Å². The van der Waals surface area contributed by atoms with Gasteiger partial charge in [-0.25, -0.2) is 12.8 Å². The van der Waals surface area contributed by atoms with Crippen LogP contribution in [0.15, 0.2) is 72.8 Å². The van der Waals surface area contributed by atoms with Gasteiger partial charge in [0.1, 0.15) is 18.4 Å². The lowest BCUT2D eigenvalue weighted by atomic mass is 9.94. The normalized spacial score (nSPS) is 14.7. The molecule has 1 unspecified atom stereocenters. The lowest BCUT2D eigenvalue weighted by Crippen LogP contribution is -2.55. The zero-order valence-electron chi connectivity index (χ0n) is 23.3. The number of hydrogen-bond acceptors (Lipinski definition) is 4. The largest absolute Gasteiger partial charge is 0.352 e. The van der Waals surface area contributed by atoms with Crippen molar-refractivity contribution < 1.29 is 22.4 Å². The molecule has 1 saturated carbocycles. The molecule has 224 valence electrons. The van der Waals surface area contributed by atoms with Gasteiger partial charge in [-0.1, -0.05) is 91.0 Å². The van der Waals surface area contributed by atoms with Crippen molar-refractivity contribution in [2.75, 3.05) is 17.1 Å². The second kappa shape index (κ2) is 14.4. The molecular formula is C31H34Cl2FN3O4S. The third-order valence-electron chi connectivity index (χ3n) is 7.38. The average Bonchev–Trinajstić information content (AvgIpc) is 2.96. The highest BCUT2D eigenvalue weighted by Gasteiger charge is 2.35. The van der Waals surface area contributed by atoms with Crippen LogP contribution in [0.4, 0.5) is 10.1 Å². The number of halogens is 3. The minimum absolute atomic E-state index is 0.0251. The lowest BCUT2D eigenvalue weighted by Gasteiger charge is -2.35. The fourth-order valence-corrected chi connectivity index (χ4v) is 6.47. The summed E-state index contributed by atoms with van der Waals surface area (Å²) in [5.41, 5.74) is 1.02. The van der Waals surface area contributed by atoms with E-state index in [0.717, 1.165) is 48.2 Å². The Balaban J connectivity index is 1.75.